The molecule has 0 aromatic heterocycles. The Kier molecular flexibility index (Phi) is 6.27. The second kappa shape index (κ2) is 8.23. The fraction of sp³-hybridized carbons (Fsp3) is 0.300. The van der Waals surface area contributed by atoms with Gasteiger partial charge in [0.1, 0.15) is 5.60 Å². The molecular weight excluding hydrogens is 352 g/mol. The third-order valence-electron chi connectivity index (χ3n) is 3.49. The van der Waals surface area contributed by atoms with Crippen molar-refractivity contribution in [1.29, 1.82) is 0 Å². The van der Waals surface area contributed by atoms with Gasteiger partial charge >= 0.3 is 6.09 Å². The van der Waals surface area contributed by atoms with Crippen LogP contribution in [-0.2, 0) is 11.3 Å². The number of alkyl carbamates (subject to hydrolysis) is 1. The summed E-state index contributed by atoms with van der Waals surface area (Å²) in [5.41, 5.74) is 2.47. The molecule has 0 saturated carbocycles. The van der Waals surface area contributed by atoms with Gasteiger partial charge < -0.3 is 15.4 Å². The van der Waals surface area contributed by atoms with Crippen molar-refractivity contribution >= 4 is 29.3 Å². The van der Waals surface area contributed by atoms with E-state index >= 15 is 0 Å². The van der Waals surface area contributed by atoms with Gasteiger partial charge in [-0.1, -0.05) is 23.7 Å². The third-order valence-corrected chi connectivity index (χ3v) is 3.72. The summed E-state index contributed by atoms with van der Waals surface area (Å²) in [6, 6.07) is 12.3. The minimum absolute atomic E-state index is 0.206. The molecule has 0 unspecified atom stereocenters. The summed E-state index contributed by atoms with van der Waals surface area (Å²) >= 11 is 5.92. The summed E-state index contributed by atoms with van der Waals surface area (Å²) in [7, 11) is 0. The molecule has 2 amide bonds. The smallest absolute Gasteiger partial charge is 0.407 e. The van der Waals surface area contributed by atoms with Crippen LogP contribution in [0, 0.1) is 6.92 Å². The van der Waals surface area contributed by atoms with Crippen LogP contribution in [0.3, 0.4) is 0 Å². The number of nitrogens with one attached hydrogen (secondary N) is 2. The highest BCUT2D eigenvalue weighted by Gasteiger charge is 2.15. The summed E-state index contributed by atoms with van der Waals surface area (Å²) in [4.78, 5) is 24.0. The monoisotopic (exact) mass is 374 g/mol. The molecule has 0 aliphatic heterocycles. The number of carbonyl (C=O) groups excluding carboxylic acids is 2. The van der Waals surface area contributed by atoms with Gasteiger partial charge in [-0.2, -0.15) is 0 Å². The van der Waals surface area contributed by atoms with Crippen molar-refractivity contribution in [2.45, 2.75) is 39.8 Å². The molecule has 2 N–H and O–H groups in total. The number of hydrogen-bond acceptors (Lipinski definition) is 3. The van der Waals surface area contributed by atoms with Crippen LogP contribution in [0.1, 0.15) is 42.3 Å². The molecule has 0 fully saturated rings. The van der Waals surface area contributed by atoms with Crippen LogP contribution in [0.15, 0.2) is 42.5 Å². The summed E-state index contributed by atoms with van der Waals surface area (Å²) < 4.78 is 5.18. The lowest BCUT2D eigenvalue weighted by Crippen LogP contribution is -2.32. The van der Waals surface area contributed by atoms with E-state index in [1.165, 1.54) is 0 Å². The summed E-state index contributed by atoms with van der Waals surface area (Å²) in [5, 5.41) is 6.17. The summed E-state index contributed by atoms with van der Waals surface area (Å²) in [6.07, 6.45) is -0.475. The van der Waals surface area contributed by atoms with E-state index in [4.69, 9.17) is 16.3 Å². The SMILES string of the molecule is Cc1cc(Cl)ccc1NC(=O)c1ccc(CNC(=O)OC(C)(C)C)cc1. The maximum Gasteiger partial charge on any atom is 0.407 e. The maximum absolute atomic E-state index is 12.4. The molecule has 26 heavy (non-hydrogen) atoms. The van der Waals surface area contributed by atoms with E-state index in [0.29, 0.717) is 17.1 Å². The van der Waals surface area contributed by atoms with E-state index in [2.05, 4.69) is 10.6 Å². The van der Waals surface area contributed by atoms with Crippen LogP contribution in [0.4, 0.5) is 10.5 Å². The van der Waals surface area contributed by atoms with Crippen LogP contribution < -0.4 is 10.6 Å². The van der Waals surface area contributed by atoms with Crippen LogP contribution in [-0.4, -0.2) is 17.6 Å². The Balaban J connectivity index is 1.94. The van der Waals surface area contributed by atoms with Crippen molar-refractivity contribution < 1.29 is 14.3 Å². The topological polar surface area (TPSA) is 67.4 Å². The Morgan fingerprint density at radius 3 is 2.31 bits per heavy atom. The van der Waals surface area contributed by atoms with Gasteiger partial charge in [0.15, 0.2) is 0 Å². The Morgan fingerprint density at radius 2 is 1.73 bits per heavy atom. The van der Waals surface area contributed by atoms with Gasteiger partial charge in [-0.15, -0.1) is 0 Å². The average Bonchev–Trinajstić information content (AvgIpc) is 2.54. The van der Waals surface area contributed by atoms with Crippen molar-refractivity contribution in [2.75, 3.05) is 5.32 Å². The first-order valence-corrected chi connectivity index (χ1v) is 8.65. The van der Waals surface area contributed by atoms with Gasteiger partial charge in [-0.25, -0.2) is 4.79 Å². The lowest BCUT2D eigenvalue weighted by atomic mass is 10.1. The number of ether oxygens (including phenoxy) is 1. The van der Waals surface area contributed by atoms with Crippen LogP contribution >= 0.6 is 11.6 Å². The molecule has 0 aliphatic rings. The molecule has 2 rings (SSSR count). The minimum Gasteiger partial charge on any atom is -0.444 e. The van der Waals surface area contributed by atoms with E-state index in [1.807, 2.05) is 27.7 Å². The molecule has 6 heteroatoms. The molecule has 0 bridgehead atoms. The van der Waals surface area contributed by atoms with Gasteiger partial charge in [0, 0.05) is 22.8 Å². The van der Waals surface area contributed by atoms with Crippen LogP contribution in [0.25, 0.3) is 0 Å². The zero-order valence-electron chi connectivity index (χ0n) is 15.4. The first kappa shape index (κ1) is 19.8. The molecule has 138 valence electrons. The number of anilines is 1. The standard InChI is InChI=1S/C20H23ClN2O3/c1-13-11-16(21)9-10-17(13)23-18(24)15-7-5-14(6-8-15)12-22-19(25)26-20(2,3)4/h5-11H,12H2,1-4H3,(H,22,25)(H,23,24). The first-order valence-electron chi connectivity index (χ1n) is 8.27. The van der Waals surface area contributed by atoms with Crippen molar-refractivity contribution in [3.05, 3.63) is 64.2 Å². The molecule has 5 nitrogen and oxygen atoms in total. The fourth-order valence-electron chi connectivity index (χ4n) is 2.22. The van der Waals surface area contributed by atoms with Crippen molar-refractivity contribution in [2.24, 2.45) is 0 Å². The largest absolute Gasteiger partial charge is 0.444 e. The molecule has 0 aliphatic carbocycles. The molecule has 0 atom stereocenters. The second-order valence-electron chi connectivity index (χ2n) is 6.97. The van der Waals surface area contributed by atoms with Crippen molar-refractivity contribution in [3.8, 4) is 0 Å². The highest BCUT2D eigenvalue weighted by molar-refractivity contribution is 6.30. The van der Waals surface area contributed by atoms with Crippen LogP contribution in [0.2, 0.25) is 5.02 Å². The van der Waals surface area contributed by atoms with Gasteiger partial charge in [-0.05, 0) is 69.2 Å². The van der Waals surface area contributed by atoms with Gasteiger partial charge in [0.05, 0.1) is 0 Å². The summed E-state index contributed by atoms with van der Waals surface area (Å²) in [5.74, 6) is -0.206. The Bertz CT molecular complexity index is 796. The average molecular weight is 375 g/mol. The number of hydrogen-bond donors (Lipinski definition) is 2. The predicted octanol–water partition coefficient (Wildman–Crippen LogP) is 4.93. The van der Waals surface area contributed by atoms with Gasteiger partial charge in [0.2, 0.25) is 0 Å². The Labute approximate surface area is 158 Å². The number of aryl methyl sites for hydroxylation is 1. The number of benzene rings is 2. The molecule has 0 radical (unpaired) electrons. The quantitative estimate of drug-likeness (QED) is 0.797. The number of halogens is 1. The Hall–Kier alpha value is -2.53. The van der Waals surface area contributed by atoms with E-state index in [0.717, 1.165) is 16.8 Å². The zero-order valence-corrected chi connectivity index (χ0v) is 16.1. The lowest BCUT2D eigenvalue weighted by Gasteiger charge is -2.19. The van der Waals surface area contributed by atoms with Crippen molar-refractivity contribution in [1.82, 2.24) is 5.32 Å². The normalized spacial score (nSPS) is 11.0. The van der Waals surface area contributed by atoms with Gasteiger partial charge in [-0.3, -0.25) is 4.79 Å². The summed E-state index contributed by atoms with van der Waals surface area (Å²) in [6.45, 7) is 7.63. The van der Waals surface area contributed by atoms with E-state index in [-0.39, 0.29) is 5.91 Å². The molecule has 0 heterocycles. The lowest BCUT2D eigenvalue weighted by molar-refractivity contribution is 0.0523. The fourth-order valence-corrected chi connectivity index (χ4v) is 2.45. The number of carbonyl (C=O) groups is 2. The third kappa shape index (κ3) is 6.08. The van der Waals surface area contributed by atoms with Crippen LogP contribution in [0.5, 0.6) is 0 Å². The number of rotatable bonds is 4. The van der Waals surface area contributed by atoms with Crippen molar-refractivity contribution in [3.63, 3.8) is 0 Å². The molecule has 2 aromatic carbocycles. The molecular formula is C20H23ClN2O3. The maximum atomic E-state index is 12.4. The van der Waals surface area contributed by atoms with E-state index in [9.17, 15) is 9.59 Å². The Morgan fingerprint density at radius 1 is 1.08 bits per heavy atom. The van der Waals surface area contributed by atoms with Gasteiger partial charge in [0.25, 0.3) is 5.91 Å². The molecule has 2 aromatic rings. The van der Waals surface area contributed by atoms with E-state index in [1.54, 1.807) is 42.5 Å². The highest BCUT2D eigenvalue weighted by atomic mass is 35.5. The predicted molar refractivity (Wildman–Crippen MR) is 104 cm³/mol. The molecule has 0 saturated heterocycles. The molecule has 0 spiro atoms. The van der Waals surface area contributed by atoms with E-state index < -0.39 is 11.7 Å². The number of amides is 2. The minimum atomic E-state index is -0.536. The first-order chi connectivity index (χ1) is 12.1. The zero-order chi connectivity index (χ0) is 19.3. The second-order valence-corrected chi connectivity index (χ2v) is 7.40. The highest BCUT2D eigenvalue weighted by Crippen LogP contribution is 2.20.